The van der Waals surface area contributed by atoms with E-state index in [2.05, 4.69) is 0 Å². The molecule has 0 fully saturated rings. The van der Waals surface area contributed by atoms with Gasteiger partial charge in [0.1, 0.15) is 0 Å². The van der Waals surface area contributed by atoms with Crippen LogP contribution in [0.25, 0.3) is 0 Å². The van der Waals surface area contributed by atoms with Crippen LogP contribution in [0.1, 0.15) is 0 Å². The van der Waals surface area contributed by atoms with Crippen LogP contribution in [0, 0.1) is 0 Å². The zero-order chi connectivity index (χ0) is 10.7. The molecule has 0 unspecified atom stereocenters. The second-order valence-electron chi connectivity index (χ2n) is 0.671. The number of hydrogen-bond acceptors (Lipinski definition) is 9. The molecule has 9 nitrogen and oxygen atoms in total. The van der Waals surface area contributed by atoms with Gasteiger partial charge in [0.05, 0.1) is 0 Å². The van der Waals surface area contributed by atoms with E-state index in [1.165, 1.54) is 0 Å². The van der Waals surface area contributed by atoms with Gasteiger partial charge in [0.15, 0.2) is 0 Å². The fourth-order valence-corrected chi connectivity index (χ4v) is 0. The number of rotatable bonds is 0. The Morgan fingerprint density at radius 1 is 0.538 bits per heavy atom. The predicted molar refractivity (Wildman–Crippen MR) is 4.12 cm³/mol. The van der Waals surface area contributed by atoms with Crippen LogP contribution in [0.5, 0.6) is 0 Å². The molecule has 13 heavy (non-hydrogen) atoms. The fraction of sp³-hybridized carbons (Fsp3) is 0. The van der Waals surface area contributed by atoms with E-state index in [-0.39, 0.29) is 32.7 Å². The summed E-state index contributed by atoms with van der Waals surface area (Å²) in [5.74, 6) is 0. The third-order valence-corrected chi connectivity index (χ3v) is 0. The molecule has 0 N–H and O–H groups in total. The van der Waals surface area contributed by atoms with Crippen molar-refractivity contribution < 1.29 is 119 Å². The second-order valence-corrected chi connectivity index (χ2v) is 3.97. The summed E-state index contributed by atoms with van der Waals surface area (Å²) in [6.45, 7) is 0. The molecule has 0 radical (unpaired) electrons. The van der Waals surface area contributed by atoms with Gasteiger partial charge in [-0.25, -0.2) is 0 Å². The van der Waals surface area contributed by atoms with Crippen LogP contribution in [0.4, 0.5) is 0 Å². The maximum atomic E-state index is 8.60. The molecular weight excluding hydrogens is 512 g/mol. The van der Waals surface area contributed by atoms with Gasteiger partial charge in [0.2, 0.25) is 0 Å². The monoisotopic (exact) mass is 512 g/mol. The molecule has 0 rings (SSSR count). The van der Waals surface area contributed by atoms with E-state index >= 15 is 0 Å². The Hall–Kier alpha value is 2.00. The van der Waals surface area contributed by atoms with Crippen molar-refractivity contribution in [3.8, 4) is 0 Å². The average Bonchev–Trinajstić information content (AvgIpc) is 1.54. The molecule has 0 aliphatic rings. The van der Waals surface area contributed by atoms with Gasteiger partial charge in [0.25, 0.3) is 0 Å². The molecule has 0 heterocycles. The van der Waals surface area contributed by atoms with E-state index in [1.807, 2.05) is 0 Å². The van der Waals surface area contributed by atoms with E-state index in [0.717, 1.165) is 0 Å². The summed E-state index contributed by atoms with van der Waals surface area (Å²) in [7, 11) is 0. The summed E-state index contributed by atoms with van der Waals surface area (Å²) < 4.78 is 77.4. The van der Waals surface area contributed by atoms with Crippen LogP contribution in [-0.4, -0.2) is 0 Å². The average molecular weight is 512 g/mol. The first-order valence-electron chi connectivity index (χ1n) is 1.64. The van der Waals surface area contributed by atoms with Crippen molar-refractivity contribution in [3.63, 3.8) is 0 Å². The molecule has 0 bridgehead atoms. The van der Waals surface area contributed by atoms with Gasteiger partial charge in [-0.3, -0.25) is 0 Å². The van der Waals surface area contributed by atoms with Crippen LogP contribution in [0.3, 0.4) is 0 Å². The Balaban J connectivity index is -0.0000000450. The van der Waals surface area contributed by atoms with Crippen LogP contribution < -0.4 is 10.8 Å². The molecule has 0 aliphatic carbocycles. The van der Waals surface area contributed by atoms with Gasteiger partial charge < -0.3 is 0 Å². The molecule has 0 saturated heterocycles. The van der Waals surface area contributed by atoms with Crippen molar-refractivity contribution >= 4 is 0 Å². The minimum Gasteiger partial charge on any atom is 3.00 e. The van der Waals surface area contributed by atoms with Gasteiger partial charge in [-0.1, -0.05) is 0 Å². The molecule has 0 amide bonds. The van der Waals surface area contributed by atoms with Gasteiger partial charge in [-0.05, 0) is 0 Å². The molecule has 72 valence electrons. The zero-order valence-electron chi connectivity index (χ0n) is 5.59. The Morgan fingerprint density at radius 2 is 0.538 bits per heavy atom. The van der Waals surface area contributed by atoms with Crippen molar-refractivity contribution in [2.75, 3.05) is 0 Å². The molecule has 0 aromatic heterocycles. The normalized spacial score (nSPS) is 5.77. The minimum atomic E-state index is -4.20. The summed E-state index contributed by atoms with van der Waals surface area (Å²) in [6, 6.07) is 0. The Bertz CT molecular complexity index is 208. The largest absolute Gasteiger partial charge is 3.00 e. The van der Waals surface area contributed by atoms with Crippen LogP contribution >= 0.6 is 0 Å². The quantitative estimate of drug-likeness (QED) is 0.292. The summed E-state index contributed by atoms with van der Waals surface area (Å²) >= 11 is -12.6. The molecule has 0 aromatic carbocycles. The Morgan fingerprint density at radius 3 is 0.538 bits per heavy atom. The minimum absolute atomic E-state index is 0. The fourth-order valence-electron chi connectivity index (χ4n) is 0. The SMILES string of the molecule is [O]=[Nb](=[O])[O-].[O]=[Nb](=[O])[O-].[O]=[Nb](=[O])[O-].[Y+3]. The Labute approximate surface area is 117 Å². The zero-order valence-corrected chi connectivity index (χ0v) is 15.0. The first kappa shape index (κ1) is 24.3. The first-order valence-corrected chi connectivity index (χ1v) is 9.72. The third kappa shape index (κ3) is 502. The molecular formula is Nb3O9Y. The van der Waals surface area contributed by atoms with E-state index in [0.29, 0.717) is 0 Å². The smallest absolute Gasteiger partial charge is 3.00 e. The van der Waals surface area contributed by atoms with Crippen molar-refractivity contribution in [2.24, 2.45) is 0 Å². The predicted octanol–water partition coefficient (Wildman–Crippen LogP) is -4.29. The number of hydrogen-bond donors (Lipinski definition) is 0. The summed E-state index contributed by atoms with van der Waals surface area (Å²) in [6.07, 6.45) is 0. The van der Waals surface area contributed by atoms with Crippen LogP contribution in [0.15, 0.2) is 0 Å². The molecule has 0 aromatic rings. The van der Waals surface area contributed by atoms with Crippen molar-refractivity contribution in [1.82, 2.24) is 0 Å². The van der Waals surface area contributed by atoms with E-state index in [4.69, 9.17) is 30.3 Å². The van der Waals surface area contributed by atoms with Crippen molar-refractivity contribution in [1.29, 1.82) is 0 Å². The van der Waals surface area contributed by atoms with Gasteiger partial charge in [0, 0.05) is 0 Å². The topological polar surface area (TPSA) is 172 Å². The standard InChI is InChI=1S/3Nb.9O.Y/q;;;;;;;;;3*-1;+3. The molecule has 0 saturated carbocycles. The summed E-state index contributed by atoms with van der Waals surface area (Å²) in [4.78, 5) is 0. The first-order chi connectivity index (χ1) is 5.20. The Kier molecular flexibility index (Phi) is 36.6. The van der Waals surface area contributed by atoms with Gasteiger partial charge in [-0.2, -0.15) is 0 Å². The van der Waals surface area contributed by atoms with Crippen LogP contribution in [-0.2, 0) is 109 Å². The molecule has 13 heteroatoms. The molecule has 0 atom stereocenters. The molecule has 0 spiro atoms. The summed E-state index contributed by atoms with van der Waals surface area (Å²) in [5.41, 5.74) is 0. The third-order valence-electron chi connectivity index (χ3n) is 0. The van der Waals surface area contributed by atoms with Gasteiger partial charge in [-0.15, -0.1) is 0 Å². The van der Waals surface area contributed by atoms with Crippen LogP contribution in [0.2, 0.25) is 0 Å². The van der Waals surface area contributed by atoms with Gasteiger partial charge >= 0.3 is 119 Å². The maximum absolute atomic E-state index is 8.60. The van der Waals surface area contributed by atoms with E-state index < -0.39 is 56.4 Å². The van der Waals surface area contributed by atoms with E-state index in [9.17, 15) is 0 Å². The van der Waals surface area contributed by atoms with Crippen molar-refractivity contribution in [3.05, 3.63) is 0 Å². The molecule has 0 aliphatic heterocycles. The van der Waals surface area contributed by atoms with E-state index in [1.54, 1.807) is 0 Å². The second kappa shape index (κ2) is 19.6. The summed E-state index contributed by atoms with van der Waals surface area (Å²) in [5, 5.41) is 0. The van der Waals surface area contributed by atoms with Crippen molar-refractivity contribution in [2.45, 2.75) is 0 Å². The maximum Gasteiger partial charge on any atom is 3.00 e.